The van der Waals surface area contributed by atoms with Gasteiger partial charge >= 0.3 is 5.97 Å². The molecule has 0 aromatic heterocycles. The Balaban J connectivity index is 3.61. The van der Waals surface area contributed by atoms with E-state index in [9.17, 15) is 4.79 Å². The maximum atomic E-state index is 10.6. The van der Waals surface area contributed by atoms with Crippen molar-refractivity contribution in [3.8, 4) is 0 Å². The van der Waals surface area contributed by atoms with Crippen LogP contribution in [0, 0.1) is 5.92 Å². The molecular formula is C8H14O3. The Kier molecular flexibility index (Phi) is 4.54. The van der Waals surface area contributed by atoms with Gasteiger partial charge in [0.05, 0.1) is 0 Å². The van der Waals surface area contributed by atoms with Crippen molar-refractivity contribution in [2.45, 2.75) is 26.7 Å². The third-order valence-electron chi connectivity index (χ3n) is 1.40. The van der Waals surface area contributed by atoms with Gasteiger partial charge in [-0.15, -0.1) is 0 Å². The largest absolute Gasteiger partial charge is 0.368 e. The standard InChI is InChI=1S/C8H14O3/c1-6(2)4-5-7(3)8(9)11-10/h6,10H,3-5H2,1-2H3. The molecule has 1 N–H and O–H groups in total. The number of carbonyl (C=O) groups is 1. The number of hydrogen-bond acceptors (Lipinski definition) is 3. The first-order valence-corrected chi connectivity index (χ1v) is 3.61. The monoisotopic (exact) mass is 158 g/mol. The van der Waals surface area contributed by atoms with Crippen LogP contribution in [-0.4, -0.2) is 11.2 Å². The molecule has 0 spiro atoms. The fourth-order valence-electron chi connectivity index (χ4n) is 0.630. The molecule has 0 aromatic carbocycles. The predicted octanol–water partition coefficient (Wildman–Crippen LogP) is 2.00. The minimum atomic E-state index is -0.731. The van der Waals surface area contributed by atoms with E-state index in [4.69, 9.17) is 5.26 Å². The third kappa shape index (κ3) is 4.56. The normalized spacial score (nSPS) is 9.82. The molecule has 3 nitrogen and oxygen atoms in total. The molecule has 0 radical (unpaired) electrons. The lowest BCUT2D eigenvalue weighted by Crippen LogP contribution is -2.04. The maximum absolute atomic E-state index is 10.6. The third-order valence-corrected chi connectivity index (χ3v) is 1.40. The lowest BCUT2D eigenvalue weighted by Gasteiger charge is -2.03. The predicted molar refractivity (Wildman–Crippen MR) is 41.9 cm³/mol. The molecule has 0 rings (SSSR count). The van der Waals surface area contributed by atoms with Crippen molar-refractivity contribution < 1.29 is 14.9 Å². The molecule has 0 unspecified atom stereocenters. The van der Waals surface area contributed by atoms with Gasteiger partial charge in [0.25, 0.3) is 0 Å². The molecule has 0 amide bonds. The molecule has 0 heterocycles. The van der Waals surface area contributed by atoms with Crippen LogP contribution in [0.25, 0.3) is 0 Å². The van der Waals surface area contributed by atoms with E-state index >= 15 is 0 Å². The minimum Gasteiger partial charge on any atom is -0.296 e. The molecule has 0 aliphatic heterocycles. The molecular weight excluding hydrogens is 144 g/mol. The average molecular weight is 158 g/mol. The number of hydrogen-bond donors (Lipinski definition) is 1. The summed E-state index contributed by atoms with van der Waals surface area (Å²) in [5, 5.41) is 7.96. The highest BCUT2D eigenvalue weighted by Crippen LogP contribution is 2.10. The highest BCUT2D eigenvalue weighted by atomic mass is 17.1. The first-order chi connectivity index (χ1) is 5.07. The number of rotatable bonds is 4. The van der Waals surface area contributed by atoms with Crippen molar-refractivity contribution in [2.75, 3.05) is 0 Å². The quantitative estimate of drug-likeness (QED) is 0.386. The van der Waals surface area contributed by atoms with Crippen molar-refractivity contribution >= 4 is 5.97 Å². The van der Waals surface area contributed by atoms with E-state index in [1.54, 1.807) is 0 Å². The van der Waals surface area contributed by atoms with Gasteiger partial charge in [-0.3, -0.25) is 4.89 Å². The molecule has 3 heteroatoms. The second kappa shape index (κ2) is 4.91. The van der Waals surface area contributed by atoms with Crippen LogP contribution in [0.4, 0.5) is 0 Å². The molecule has 0 saturated carbocycles. The van der Waals surface area contributed by atoms with Crippen LogP contribution in [0.5, 0.6) is 0 Å². The van der Waals surface area contributed by atoms with Crippen LogP contribution in [0.3, 0.4) is 0 Å². The zero-order chi connectivity index (χ0) is 8.85. The van der Waals surface area contributed by atoms with E-state index in [-0.39, 0.29) is 0 Å². The Hall–Kier alpha value is -0.830. The van der Waals surface area contributed by atoms with Gasteiger partial charge in [-0.2, -0.15) is 5.26 Å². The van der Waals surface area contributed by atoms with E-state index in [2.05, 4.69) is 25.3 Å². The molecule has 64 valence electrons. The van der Waals surface area contributed by atoms with E-state index in [0.29, 0.717) is 17.9 Å². The van der Waals surface area contributed by atoms with E-state index < -0.39 is 5.97 Å². The van der Waals surface area contributed by atoms with Gasteiger partial charge in [0.2, 0.25) is 0 Å². The van der Waals surface area contributed by atoms with Crippen LogP contribution < -0.4 is 0 Å². The molecule has 0 aliphatic rings. The second-order valence-electron chi connectivity index (χ2n) is 2.91. The van der Waals surface area contributed by atoms with Gasteiger partial charge in [-0.05, 0) is 18.8 Å². The Labute approximate surface area is 66.6 Å². The summed E-state index contributed by atoms with van der Waals surface area (Å²) >= 11 is 0. The SMILES string of the molecule is C=C(CCC(C)C)C(=O)OO. The van der Waals surface area contributed by atoms with Crippen molar-refractivity contribution in [1.29, 1.82) is 0 Å². The fraction of sp³-hybridized carbons (Fsp3) is 0.625. The zero-order valence-electron chi connectivity index (χ0n) is 6.96. The first kappa shape index (κ1) is 10.2. The van der Waals surface area contributed by atoms with E-state index in [0.717, 1.165) is 6.42 Å². The van der Waals surface area contributed by atoms with E-state index in [1.165, 1.54) is 0 Å². The zero-order valence-corrected chi connectivity index (χ0v) is 6.96. The lowest BCUT2D eigenvalue weighted by atomic mass is 10.0. The summed E-state index contributed by atoms with van der Waals surface area (Å²) in [6.07, 6.45) is 1.46. The molecule has 0 aromatic rings. The summed E-state index contributed by atoms with van der Waals surface area (Å²) in [4.78, 5) is 14.1. The smallest absolute Gasteiger partial charge is 0.296 e. The fourth-order valence-corrected chi connectivity index (χ4v) is 0.630. The van der Waals surface area contributed by atoms with Crippen molar-refractivity contribution in [1.82, 2.24) is 0 Å². The summed E-state index contributed by atoms with van der Waals surface area (Å²) in [7, 11) is 0. The maximum Gasteiger partial charge on any atom is 0.368 e. The summed E-state index contributed by atoms with van der Waals surface area (Å²) in [6.45, 7) is 7.57. The Morgan fingerprint density at radius 1 is 1.64 bits per heavy atom. The second-order valence-corrected chi connectivity index (χ2v) is 2.91. The Morgan fingerprint density at radius 3 is 2.55 bits per heavy atom. The highest BCUT2D eigenvalue weighted by molar-refractivity contribution is 5.87. The van der Waals surface area contributed by atoms with Crippen molar-refractivity contribution in [3.63, 3.8) is 0 Å². The summed E-state index contributed by atoms with van der Waals surface area (Å²) in [6, 6.07) is 0. The van der Waals surface area contributed by atoms with Crippen LogP contribution in [0.15, 0.2) is 12.2 Å². The summed E-state index contributed by atoms with van der Waals surface area (Å²) in [5.41, 5.74) is 0.321. The van der Waals surface area contributed by atoms with Crippen molar-refractivity contribution in [2.24, 2.45) is 5.92 Å². The number of carbonyl (C=O) groups excluding carboxylic acids is 1. The molecule has 11 heavy (non-hydrogen) atoms. The Morgan fingerprint density at radius 2 is 2.18 bits per heavy atom. The van der Waals surface area contributed by atoms with Gasteiger partial charge in [0.15, 0.2) is 0 Å². The Bertz CT molecular complexity index is 149. The molecule has 0 fully saturated rings. The van der Waals surface area contributed by atoms with Gasteiger partial charge < -0.3 is 0 Å². The lowest BCUT2D eigenvalue weighted by molar-refractivity contribution is -0.229. The summed E-state index contributed by atoms with van der Waals surface area (Å²) < 4.78 is 0. The van der Waals surface area contributed by atoms with Gasteiger partial charge in [0, 0.05) is 5.57 Å². The minimum absolute atomic E-state index is 0.321. The van der Waals surface area contributed by atoms with Crippen LogP contribution in [0.1, 0.15) is 26.7 Å². The van der Waals surface area contributed by atoms with Crippen LogP contribution in [-0.2, 0) is 9.68 Å². The molecule has 0 bridgehead atoms. The first-order valence-electron chi connectivity index (χ1n) is 3.61. The molecule has 0 aliphatic carbocycles. The van der Waals surface area contributed by atoms with Gasteiger partial charge in [-0.1, -0.05) is 20.4 Å². The molecule has 0 atom stereocenters. The van der Waals surface area contributed by atoms with Gasteiger partial charge in [-0.25, -0.2) is 4.79 Å². The average Bonchev–Trinajstić information content (AvgIpc) is 1.98. The van der Waals surface area contributed by atoms with Gasteiger partial charge in [0.1, 0.15) is 0 Å². The topological polar surface area (TPSA) is 46.5 Å². The highest BCUT2D eigenvalue weighted by Gasteiger charge is 2.07. The van der Waals surface area contributed by atoms with Crippen molar-refractivity contribution in [3.05, 3.63) is 12.2 Å². The van der Waals surface area contributed by atoms with E-state index in [1.807, 2.05) is 0 Å². The summed E-state index contributed by atoms with van der Waals surface area (Å²) in [5.74, 6) is -0.205. The van der Waals surface area contributed by atoms with Crippen LogP contribution >= 0.6 is 0 Å². The molecule has 0 saturated heterocycles. The van der Waals surface area contributed by atoms with Crippen LogP contribution in [0.2, 0.25) is 0 Å².